The molecule has 0 atom stereocenters. The van der Waals surface area contributed by atoms with E-state index in [1.807, 2.05) is 24.0 Å². The molecule has 0 unspecified atom stereocenters. The molecule has 4 heteroatoms. The Bertz CT molecular complexity index is 542. The zero-order chi connectivity index (χ0) is 11.1. The monoisotopic (exact) mass is 214 g/mol. The van der Waals surface area contributed by atoms with Gasteiger partial charge in [-0.1, -0.05) is 0 Å². The van der Waals surface area contributed by atoms with Gasteiger partial charge < -0.3 is 5.73 Å². The molecule has 0 saturated heterocycles. The number of aromatic nitrogens is 3. The number of fused-ring (bicyclic) bond motifs is 1. The van der Waals surface area contributed by atoms with E-state index in [4.69, 9.17) is 5.73 Å². The van der Waals surface area contributed by atoms with Gasteiger partial charge in [-0.05, 0) is 37.8 Å². The van der Waals surface area contributed by atoms with Crippen LogP contribution in [-0.4, -0.2) is 14.8 Å². The van der Waals surface area contributed by atoms with Crippen LogP contribution < -0.4 is 5.73 Å². The lowest BCUT2D eigenvalue weighted by molar-refractivity contribution is 0.785. The van der Waals surface area contributed by atoms with Crippen LogP contribution in [0, 0.1) is 6.92 Å². The maximum atomic E-state index is 5.92. The van der Waals surface area contributed by atoms with Crippen molar-refractivity contribution in [1.82, 2.24) is 14.8 Å². The molecule has 0 bridgehead atoms. The van der Waals surface area contributed by atoms with E-state index in [-0.39, 0.29) is 0 Å². The van der Waals surface area contributed by atoms with Gasteiger partial charge in [0.2, 0.25) is 0 Å². The second-order valence-corrected chi connectivity index (χ2v) is 4.30. The van der Waals surface area contributed by atoms with Gasteiger partial charge in [0.25, 0.3) is 0 Å². The highest BCUT2D eigenvalue weighted by Crippen LogP contribution is 2.28. The van der Waals surface area contributed by atoms with Crippen LogP contribution in [0.5, 0.6) is 0 Å². The number of hydrogen-bond acceptors (Lipinski definition) is 3. The molecule has 2 N–H and O–H groups in total. The number of nitrogens with zero attached hydrogens (tertiary/aromatic N) is 3. The van der Waals surface area contributed by atoms with Crippen molar-refractivity contribution in [3.05, 3.63) is 35.3 Å². The van der Waals surface area contributed by atoms with Gasteiger partial charge in [-0.2, -0.15) is 5.10 Å². The number of nitrogens with two attached hydrogens (primary N) is 1. The molecular formula is C12H14N4. The summed E-state index contributed by atoms with van der Waals surface area (Å²) < 4.78 is 1.94. The zero-order valence-electron chi connectivity index (χ0n) is 9.27. The lowest BCUT2D eigenvalue weighted by Crippen LogP contribution is -2.02. The minimum Gasteiger partial charge on any atom is -0.382 e. The minimum absolute atomic E-state index is 0.675. The third-order valence-electron chi connectivity index (χ3n) is 3.07. The van der Waals surface area contributed by atoms with E-state index in [2.05, 4.69) is 16.1 Å². The first-order valence-corrected chi connectivity index (χ1v) is 5.54. The molecule has 1 aliphatic rings. The Hall–Kier alpha value is -1.84. The van der Waals surface area contributed by atoms with E-state index >= 15 is 0 Å². The van der Waals surface area contributed by atoms with Crippen molar-refractivity contribution in [3.63, 3.8) is 0 Å². The summed E-state index contributed by atoms with van der Waals surface area (Å²) in [5.41, 5.74) is 10.5. The quantitative estimate of drug-likeness (QED) is 0.785. The maximum absolute atomic E-state index is 5.92. The number of rotatable bonds is 1. The molecule has 0 aromatic carbocycles. The molecule has 0 spiro atoms. The number of aryl methyl sites for hydroxylation is 1. The molecule has 0 radical (unpaired) electrons. The number of pyridine rings is 1. The average molecular weight is 214 g/mol. The number of anilines is 1. The van der Waals surface area contributed by atoms with E-state index < -0.39 is 0 Å². The normalized spacial score (nSPS) is 14.1. The van der Waals surface area contributed by atoms with Crippen LogP contribution in [0.1, 0.15) is 23.2 Å². The van der Waals surface area contributed by atoms with Crippen molar-refractivity contribution >= 4 is 5.82 Å². The summed E-state index contributed by atoms with van der Waals surface area (Å²) in [6.07, 6.45) is 6.97. The Morgan fingerprint density at radius 1 is 1.31 bits per heavy atom. The van der Waals surface area contributed by atoms with Gasteiger partial charge in [-0.15, -0.1) is 0 Å². The first-order chi connectivity index (χ1) is 7.75. The van der Waals surface area contributed by atoms with Crippen molar-refractivity contribution in [2.75, 3.05) is 5.73 Å². The number of nitrogen functional groups attached to an aromatic ring is 1. The molecule has 3 rings (SSSR count). The zero-order valence-corrected chi connectivity index (χ0v) is 9.27. The summed E-state index contributed by atoms with van der Waals surface area (Å²) >= 11 is 0. The fourth-order valence-electron chi connectivity index (χ4n) is 2.33. The second-order valence-electron chi connectivity index (χ2n) is 4.30. The molecule has 0 saturated carbocycles. The van der Waals surface area contributed by atoms with Crippen molar-refractivity contribution in [3.8, 4) is 5.69 Å². The van der Waals surface area contributed by atoms with Crippen LogP contribution in [0.4, 0.5) is 5.82 Å². The Morgan fingerprint density at radius 2 is 2.19 bits per heavy atom. The molecule has 2 aromatic rings. The van der Waals surface area contributed by atoms with E-state index in [9.17, 15) is 0 Å². The summed E-state index contributed by atoms with van der Waals surface area (Å²) in [6, 6.07) is 2.08. The van der Waals surface area contributed by atoms with Crippen LogP contribution in [0.3, 0.4) is 0 Å². The Balaban J connectivity index is 2.17. The van der Waals surface area contributed by atoms with Crippen molar-refractivity contribution in [2.45, 2.75) is 26.2 Å². The maximum Gasteiger partial charge on any atom is 0.149 e. The molecule has 2 aromatic heterocycles. The largest absolute Gasteiger partial charge is 0.382 e. The third-order valence-corrected chi connectivity index (χ3v) is 3.07. The topological polar surface area (TPSA) is 56.7 Å². The molecule has 0 fully saturated rings. The highest BCUT2D eigenvalue weighted by Gasteiger charge is 2.21. The Labute approximate surface area is 94.1 Å². The van der Waals surface area contributed by atoms with Crippen molar-refractivity contribution in [2.24, 2.45) is 0 Å². The van der Waals surface area contributed by atoms with Gasteiger partial charge in [0, 0.05) is 17.5 Å². The van der Waals surface area contributed by atoms with Gasteiger partial charge in [-0.3, -0.25) is 4.98 Å². The summed E-state index contributed by atoms with van der Waals surface area (Å²) in [6.45, 7) is 2.03. The van der Waals surface area contributed by atoms with E-state index in [0.29, 0.717) is 5.82 Å². The average Bonchev–Trinajstić information content (AvgIpc) is 2.83. The molecule has 82 valence electrons. The lowest BCUT2D eigenvalue weighted by atomic mass is 10.2. The third kappa shape index (κ3) is 1.30. The van der Waals surface area contributed by atoms with Crippen molar-refractivity contribution < 1.29 is 0 Å². The Morgan fingerprint density at radius 3 is 3.00 bits per heavy atom. The van der Waals surface area contributed by atoms with E-state index in [1.165, 1.54) is 17.7 Å². The van der Waals surface area contributed by atoms with Crippen molar-refractivity contribution in [1.29, 1.82) is 0 Å². The predicted molar refractivity (Wildman–Crippen MR) is 62.5 cm³/mol. The highest BCUT2D eigenvalue weighted by atomic mass is 15.3. The molecule has 0 aliphatic heterocycles. The highest BCUT2D eigenvalue weighted by molar-refractivity contribution is 5.49. The van der Waals surface area contributed by atoms with Crippen LogP contribution in [0.2, 0.25) is 0 Å². The van der Waals surface area contributed by atoms with Gasteiger partial charge >= 0.3 is 0 Å². The molecule has 16 heavy (non-hydrogen) atoms. The predicted octanol–water partition coefficient (Wildman–Crippen LogP) is 1.65. The van der Waals surface area contributed by atoms with Crippen LogP contribution >= 0.6 is 0 Å². The summed E-state index contributed by atoms with van der Waals surface area (Å²) in [5.74, 6) is 0.675. The molecule has 4 nitrogen and oxygen atoms in total. The van der Waals surface area contributed by atoms with Gasteiger partial charge in [-0.25, -0.2) is 4.68 Å². The smallest absolute Gasteiger partial charge is 0.149 e. The fraction of sp³-hybridized carbons (Fsp3) is 0.333. The molecule has 0 amide bonds. The molecule has 2 heterocycles. The lowest BCUT2D eigenvalue weighted by Gasteiger charge is -2.05. The Kier molecular flexibility index (Phi) is 1.96. The van der Waals surface area contributed by atoms with Gasteiger partial charge in [0.1, 0.15) is 5.82 Å². The fourth-order valence-corrected chi connectivity index (χ4v) is 2.33. The van der Waals surface area contributed by atoms with Gasteiger partial charge in [0.05, 0.1) is 11.9 Å². The molecular weight excluding hydrogens is 200 g/mol. The minimum atomic E-state index is 0.675. The van der Waals surface area contributed by atoms with Crippen LogP contribution in [0.15, 0.2) is 18.5 Å². The van der Waals surface area contributed by atoms with Crippen LogP contribution in [-0.2, 0) is 12.8 Å². The van der Waals surface area contributed by atoms with Crippen LogP contribution in [0.25, 0.3) is 5.69 Å². The first kappa shape index (κ1) is 9.39. The summed E-state index contributed by atoms with van der Waals surface area (Å²) in [5, 5.41) is 4.40. The van der Waals surface area contributed by atoms with Gasteiger partial charge in [0.15, 0.2) is 0 Å². The van der Waals surface area contributed by atoms with E-state index in [1.54, 1.807) is 0 Å². The summed E-state index contributed by atoms with van der Waals surface area (Å²) in [4.78, 5) is 4.19. The molecule has 1 aliphatic carbocycles. The number of hydrogen-bond donors (Lipinski definition) is 1. The van der Waals surface area contributed by atoms with E-state index in [0.717, 1.165) is 24.1 Å². The SMILES string of the molecule is Cc1cncc(-n2nc(N)c3c2CCC3)c1. The first-order valence-electron chi connectivity index (χ1n) is 5.54. The standard InChI is InChI=1S/C12H14N4/c1-8-5-9(7-14-6-8)16-11-4-2-3-10(11)12(13)15-16/h5-7H,2-4H2,1H3,(H2,13,15). The summed E-state index contributed by atoms with van der Waals surface area (Å²) in [7, 11) is 0. The second kappa shape index (κ2) is 3.33.